The Bertz CT molecular complexity index is 609. The highest BCUT2D eigenvalue weighted by Crippen LogP contribution is 2.07. The monoisotopic (exact) mass is 344 g/mol. The quantitative estimate of drug-likeness (QED) is 0.692. The molecule has 2 unspecified atom stereocenters. The fourth-order valence-corrected chi connectivity index (χ4v) is 2.64. The molecular weight excluding hydrogens is 328 g/mol. The van der Waals surface area contributed by atoms with E-state index in [1.54, 1.807) is 0 Å². The highest BCUT2D eigenvalue weighted by molar-refractivity contribution is 9.10. The van der Waals surface area contributed by atoms with Gasteiger partial charge in [-0.05, 0) is 42.2 Å². The molecule has 1 amide bonds. The minimum atomic E-state index is -0.591. The van der Waals surface area contributed by atoms with E-state index in [9.17, 15) is 14.4 Å². The molecule has 1 saturated heterocycles. The molecule has 0 bridgehead atoms. The Morgan fingerprint density at radius 2 is 2.30 bits per heavy atom. The van der Waals surface area contributed by atoms with E-state index in [2.05, 4.69) is 38.5 Å². The molecule has 0 aromatic carbocycles. The lowest BCUT2D eigenvalue weighted by Crippen LogP contribution is -2.48. The summed E-state index contributed by atoms with van der Waals surface area (Å²) < 4.78 is 1.39. The standard InChI is InChI=1S/C12H17BrN4O3/c1-7-4-8(2-3-14-7)15-10(18)6-17-5-9(13)11(19)16-12(17)20/h5,7-8,14H,2-4,6H2,1H3,(H,15,18)(H,16,19,20). The number of nitrogens with zero attached hydrogens (tertiary/aromatic N) is 1. The summed E-state index contributed by atoms with van der Waals surface area (Å²) >= 11 is 3.03. The third kappa shape index (κ3) is 3.80. The van der Waals surface area contributed by atoms with E-state index >= 15 is 0 Å². The number of piperidine rings is 1. The van der Waals surface area contributed by atoms with Crippen molar-refractivity contribution >= 4 is 21.8 Å². The van der Waals surface area contributed by atoms with Crippen molar-refractivity contribution in [3.05, 3.63) is 31.5 Å². The van der Waals surface area contributed by atoms with E-state index in [0.717, 1.165) is 19.4 Å². The molecular formula is C12H17BrN4O3. The highest BCUT2D eigenvalue weighted by Gasteiger charge is 2.20. The molecule has 1 fully saturated rings. The molecule has 1 aromatic rings. The van der Waals surface area contributed by atoms with Crippen LogP contribution in [0.2, 0.25) is 0 Å². The number of hydrogen-bond donors (Lipinski definition) is 3. The smallest absolute Gasteiger partial charge is 0.328 e. The van der Waals surface area contributed by atoms with E-state index in [4.69, 9.17) is 0 Å². The molecule has 2 rings (SSSR count). The zero-order valence-electron chi connectivity index (χ0n) is 11.1. The maximum Gasteiger partial charge on any atom is 0.328 e. The maximum atomic E-state index is 11.9. The van der Waals surface area contributed by atoms with Crippen molar-refractivity contribution in [2.24, 2.45) is 0 Å². The van der Waals surface area contributed by atoms with Crippen LogP contribution in [-0.4, -0.2) is 34.1 Å². The Balaban J connectivity index is 1.99. The molecule has 110 valence electrons. The van der Waals surface area contributed by atoms with Gasteiger partial charge in [-0.2, -0.15) is 0 Å². The topological polar surface area (TPSA) is 96.0 Å². The minimum absolute atomic E-state index is 0.105. The Labute approximate surface area is 123 Å². The van der Waals surface area contributed by atoms with Crippen molar-refractivity contribution in [2.75, 3.05) is 6.54 Å². The number of H-pyrrole nitrogens is 1. The van der Waals surface area contributed by atoms with Gasteiger partial charge in [-0.1, -0.05) is 0 Å². The number of aromatic nitrogens is 2. The molecule has 0 saturated carbocycles. The number of rotatable bonds is 3. The first kappa shape index (κ1) is 15.0. The molecule has 1 aliphatic rings. The van der Waals surface area contributed by atoms with Crippen molar-refractivity contribution in [1.29, 1.82) is 0 Å². The van der Waals surface area contributed by atoms with Crippen LogP contribution in [0.4, 0.5) is 0 Å². The van der Waals surface area contributed by atoms with E-state index in [1.165, 1.54) is 10.8 Å². The van der Waals surface area contributed by atoms with E-state index in [1.807, 2.05) is 0 Å². The number of halogens is 1. The predicted molar refractivity (Wildman–Crippen MR) is 77.7 cm³/mol. The first-order valence-corrected chi connectivity index (χ1v) is 7.27. The van der Waals surface area contributed by atoms with Crippen LogP contribution in [0, 0.1) is 0 Å². The number of amides is 1. The van der Waals surface area contributed by atoms with Gasteiger partial charge in [0.05, 0.1) is 4.47 Å². The SMILES string of the molecule is CC1CC(NC(=O)Cn2cc(Br)c(=O)[nH]c2=O)CCN1. The van der Waals surface area contributed by atoms with Crippen LogP contribution in [0.5, 0.6) is 0 Å². The number of aromatic amines is 1. The van der Waals surface area contributed by atoms with Gasteiger partial charge in [-0.25, -0.2) is 4.79 Å². The van der Waals surface area contributed by atoms with Crippen LogP contribution >= 0.6 is 15.9 Å². The second-order valence-electron chi connectivity index (χ2n) is 5.01. The van der Waals surface area contributed by atoms with Gasteiger partial charge in [-0.3, -0.25) is 19.1 Å². The number of nitrogens with one attached hydrogen (secondary N) is 3. The molecule has 1 aliphatic heterocycles. The number of carbonyl (C=O) groups excluding carboxylic acids is 1. The summed E-state index contributed by atoms with van der Waals surface area (Å²) in [4.78, 5) is 36.9. The van der Waals surface area contributed by atoms with E-state index in [0.29, 0.717) is 6.04 Å². The van der Waals surface area contributed by atoms with Gasteiger partial charge in [0, 0.05) is 18.3 Å². The van der Waals surface area contributed by atoms with Gasteiger partial charge >= 0.3 is 5.69 Å². The second kappa shape index (κ2) is 6.36. The summed E-state index contributed by atoms with van der Waals surface area (Å²) in [5, 5.41) is 6.22. The second-order valence-corrected chi connectivity index (χ2v) is 5.86. The summed E-state index contributed by atoms with van der Waals surface area (Å²) in [6.07, 6.45) is 3.07. The third-order valence-corrected chi connectivity index (χ3v) is 3.84. The number of hydrogen-bond acceptors (Lipinski definition) is 4. The van der Waals surface area contributed by atoms with E-state index < -0.39 is 11.2 Å². The molecule has 2 atom stereocenters. The fourth-order valence-electron chi connectivity index (χ4n) is 2.29. The first-order chi connectivity index (χ1) is 9.45. The molecule has 20 heavy (non-hydrogen) atoms. The Morgan fingerprint density at radius 1 is 1.55 bits per heavy atom. The summed E-state index contributed by atoms with van der Waals surface area (Å²) in [6.45, 7) is 2.84. The third-order valence-electron chi connectivity index (χ3n) is 3.27. The lowest BCUT2D eigenvalue weighted by Gasteiger charge is -2.28. The average Bonchev–Trinajstić information content (AvgIpc) is 2.36. The lowest BCUT2D eigenvalue weighted by atomic mass is 10.0. The summed E-state index contributed by atoms with van der Waals surface area (Å²) in [7, 11) is 0. The summed E-state index contributed by atoms with van der Waals surface area (Å²) in [6, 6.07) is 0.500. The van der Waals surface area contributed by atoms with Gasteiger partial charge in [0.15, 0.2) is 0 Å². The van der Waals surface area contributed by atoms with Crippen LogP contribution in [0.15, 0.2) is 20.3 Å². The fraction of sp³-hybridized carbons (Fsp3) is 0.583. The molecule has 3 N–H and O–H groups in total. The van der Waals surface area contributed by atoms with Gasteiger partial charge in [0.2, 0.25) is 5.91 Å². The maximum absolute atomic E-state index is 11.9. The average molecular weight is 345 g/mol. The van der Waals surface area contributed by atoms with Gasteiger partial charge < -0.3 is 10.6 Å². The van der Waals surface area contributed by atoms with Crippen LogP contribution in [0.3, 0.4) is 0 Å². The van der Waals surface area contributed by atoms with Crippen LogP contribution in [-0.2, 0) is 11.3 Å². The summed E-state index contributed by atoms with van der Waals surface area (Å²) in [5.41, 5.74) is -1.09. The van der Waals surface area contributed by atoms with Crippen LogP contribution < -0.4 is 21.9 Å². The molecule has 8 heteroatoms. The lowest BCUT2D eigenvalue weighted by molar-refractivity contribution is -0.122. The summed E-state index contributed by atoms with van der Waals surface area (Å²) in [5.74, 6) is -0.231. The van der Waals surface area contributed by atoms with Gasteiger partial charge in [0.1, 0.15) is 6.54 Å². The molecule has 1 aromatic heterocycles. The largest absolute Gasteiger partial charge is 0.352 e. The Morgan fingerprint density at radius 3 is 3.00 bits per heavy atom. The molecule has 7 nitrogen and oxygen atoms in total. The Hall–Kier alpha value is -1.41. The zero-order chi connectivity index (χ0) is 14.7. The number of carbonyl (C=O) groups is 1. The predicted octanol–water partition coefficient (Wildman–Crippen LogP) is -0.444. The van der Waals surface area contributed by atoms with Crippen molar-refractivity contribution in [3.8, 4) is 0 Å². The molecule has 0 aliphatic carbocycles. The first-order valence-electron chi connectivity index (χ1n) is 6.47. The highest BCUT2D eigenvalue weighted by atomic mass is 79.9. The normalized spacial score (nSPS) is 22.5. The van der Waals surface area contributed by atoms with Gasteiger partial charge in [-0.15, -0.1) is 0 Å². The van der Waals surface area contributed by atoms with Crippen molar-refractivity contribution in [3.63, 3.8) is 0 Å². The zero-order valence-corrected chi connectivity index (χ0v) is 12.7. The van der Waals surface area contributed by atoms with Crippen molar-refractivity contribution in [2.45, 2.75) is 38.4 Å². The molecule has 0 spiro atoms. The van der Waals surface area contributed by atoms with Gasteiger partial charge in [0.25, 0.3) is 5.56 Å². The van der Waals surface area contributed by atoms with Crippen LogP contribution in [0.25, 0.3) is 0 Å². The van der Waals surface area contributed by atoms with Crippen LogP contribution in [0.1, 0.15) is 19.8 Å². The molecule has 0 radical (unpaired) electrons. The van der Waals surface area contributed by atoms with Crippen molar-refractivity contribution in [1.82, 2.24) is 20.2 Å². The minimum Gasteiger partial charge on any atom is -0.352 e. The molecule has 2 heterocycles. The van der Waals surface area contributed by atoms with E-state index in [-0.39, 0.29) is 23.0 Å². The van der Waals surface area contributed by atoms with Crippen molar-refractivity contribution < 1.29 is 4.79 Å². The Kier molecular flexibility index (Phi) is 4.77.